The third-order valence-electron chi connectivity index (χ3n) is 3.19. The van der Waals surface area contributed by atoms with Crippen molar-refractivity contribution in [3.63, 3.8) is 0 Å². The molecule has 0 heterocycles. The van der Waals surface area contributed by atoms with Gasteiger partial charge in [-0.25, -0.2) is 0 Å². The Balaban J connectivity index is 2.97. The maximum absolute atomic E-state index is 12.2. The van der Waals surface area contributed by atoms with Gasteiger partial charge in [-0.3, -0.25) is 4.79 Å². The Morgan fingerprint density at radius 3 is 2.10 bits per heavy atom. The van der Waals surface area contributed by atoms with Crippen LogP contribution in [0.5, 0.6) is 17.2 Å². The summed E-state index contributed by atoms with van der Waals surface area (Å²) in [7, 11) is 4.48. The largest absolute Gasteiger partial charge is 0.496 e. The highest BCUT2D eigenvalue weighted by Crippen LogP contribution is 2.34. The van der Waals surface area contributed by atoms with Gasteiger partial charge in [0.2, 0.25) is 0 Å². The Morgan fingerprint density at radius 2 is 1.62 bits per heavy atom. The number of nitrogens with one attached hydrogen (secondary N) is 1. The van der Waals surface area contributed by atoms with Gasteiger partial charge in [0, 0.05) is 18.7 Å². The predicted octanol–water partition coefficient (Wildman–Crippen LogP) is 1.46. The van der Waals surface area contributed by atoms with Gasteiger partial charge in [-0.05, 0) is 5.92 Å². The van der Waals surface area contributed by atoms with Gasteiger partial charge in [0.1, 0.15) is 5.75 Å². The van der Waals surface area contributed by atoms with E-state index in [0.29, 0.717) is 22.8 Å². The summed E-state index contributed by atoms with van der Waals surface area (Å²) in [6.07, 6.45) is -0.597. The summed E-state index contributed by atoms with van der Waals surface area (Å²) in [4.78, 5) is 12.2. The lowest BCUT2D eigenvalue weighted by atomic mass is 10.1. The van der Waals surface area contributed by atoms with Crippen LogP contribution in [0.25, 0.3) is 0 Å². The predicted molar refractivity (Wildman–Crippen MR) is 79.3 cm³/mol. The summed E-state index contributed by atoms with van der Waals surface area (Å²) in [6, 6.07) is 3.14. The highest BCUT2D eigenvalue weighted by atomic mass is 16.5. The zero-order chi connectivity index (χ0) is 16.0. The Bertz CT molecular complexity index is 487. The maximum Gasteiger partial charge on any atom is 0.255 e. The molecule has 1 aromatic rings. The number of carbonyl (C=O) groups is 1. The molecule has 1 atom stereocenters. The monoisotopic (exact) mass is 297 g/mol. The van der Waals surface area contributed by atoms with Gasteiger partial charge in [-0.15, -0.1) is 0 Å². The summed E-state index contributed by atoms with van der Waals surface area (Å²) in [5.41, 5.74) is 0.325. The van der Waals surface area contributed by atoms with Crippen LogP contribution in [0.15, 0.2) is 12.1 Å². The van der Waals surface area contributed by atoms with E-state index in [4.69, 9.17) is 14.2 Å². The molecule has 2 N–H and O–H groups in total. The van der Waals surface area contributed by atoms with Gasteiger partial charge >= 0.3 is 0 Å². The maximum atomic E-state index is 12.2. The lowest BCUT2D eigenvalue weighted by molar-refractivity contribution is 0.0868. The Hall–Kier alpha value is -1.95. The van der Waals surface area contributed by atoms with E-state index in [-0.39, 0.29) is 18.4 Å². The van der Waals surface area contributed by atoms with E-state index in [9.17, 15) is 9.90 Å². The van der Waals surface area contributed by atoms with Gasteiger partial charge in [-0.2, -0.15) is 0 Å². The first-order valence-electron chi connectivity index (χ1n) is 6.70. The summed E-state index contributed by atoms with van der Waals surface area (Å²) >= 11 is 0. The summed E-state index contributed by atoms with van der Waals surface area (Å²) in [5, 5.41) is 12.4. The quantitative estimate of drug-likeness (QED) is 0.797. The van der Waals surface area contributed by atoms with Crippen LogP contribution in [0, 0.1) is 5.92 Å². The fourth-order valence-electron chi connectivity index (χ4n) is 1.73. The number of amides is 1. The van der Waals surface area contributed by atoms with Gasteiger partial charge in [0.05, 0.1) is 33.0 Å². The minimum absolute atomic E-state index is 0.0672. The number of aliphatic hydroxyl groups excluding tert-OH is 1. The molecular weight excluding hydrogens is 274 g/mol. The number of carbonyl (C=O) groups excluding carboxylic acids is 1. The van der Waals surface area contributed by atoms with Gasteiger partial charge in [0.15, 0.2) is 11.5 Å². The average Bonchev–Trinajstić information content (AvgIpc) is 2.50. The van der Waals surface area contributed by atoms with Gasteiger partial charge < -0.3 is 24.6 Å². The Labute approximate surface area is 125 Å². The number of methoxy groups -OCH3 is 3. The lowest BCUT2D eigenvalue weighted by Crippen LogP contribution is -2.34. The first kappa shape index (κ1) is 17.1. The van der Waals surface area contributed by atoms with Crippen molar-refractivity contribution in [2.24, 2.45) is 5.92 Å². The Kier molecular flexibility index (Phi) is 6.30. The third kappa shape index (κ3) is 4.26. The normalized spacial score (nSPS) is 12.0. The van der Waals surface area contributed by atoms with E-state index in [0.717, 1.165) is 0 Å². The topological polar surface area (TPSA) is 77.0 Å². The molecule has 0 aromatic heterocycles. The first-order chi connectivity index (χ1) is 9.94. The molecule has 0 saturated carbocycles. The summed E-state index contributed by atoms with van der Waals surface area (Å²) < 4.78 is 15.6. The molecule has 0 aliphatic heterocycles. The number of hydrogen-bond donors (Lipinski definition) is 2. The molecule has 21 heavy (non-hydrogen) atoms. The number of benzene rings is 1. The van der Waals surface area contributed by atoms with Crippen molar-refractivity contribution in [3.8, 4) is 17.2 Å². The number of aliphatic hydroxyl groups is 1. The molecule has 0 fully saturated rings. The van der Waals surface area contributed by atoms with Crippen molar-refractivity contribution < 1.29 is 24.1 Å². The zero-order valence-corrected chi connectivity index (χ0v) is 13.1. The number of hydrogen-bond acceptors (Lipinski definition) is 5. The average molecular weight is 297 g/mol. The fourth-order valence-corrected chi connectivity index (χ4v) is 1.73. The zero-order valence-electron chi connectivity index (χ0n) is 13.1. The van der Waals surface area contributed by atoms with Crippen LogP contribution in [0.4, 0.5) is 0 Å². The molecule has 118 valence electrons. The van der Waals surface area contributed by atoms with Crippen LogP contribution < -0.4 is 19.5 Å². The van der Waals surface area contributed by atoms with Crippen molar-refractivity contribution >= 4 is 5.91 Å². The fraction of sp³-hybridized carbons (Fsp3) is 0.533. The molecule has 6 nitrogen and oxygen atoms in total. The van der Waals surface area contributed by atoms with Crippen molar-refractivity contribution in [2.75, 3.05) is 27.9 Å². The van der Waals surface area contributed by atoms with Crippen molar-refractivity contribution in [2.45, 2.75) is 20.0 Å². The van der Waals surface area contributed by atoms with E-state index < -0.39 is 6.10 Å². The van der Waals surface area contributed by atoms with E-state index in [1.54, 1.807) is 12.1 Å². The van der Waals surface area contributed by atoms with E-state index in [1.807, 2.05) is 13.8 Å². The molecule has 1 unspecified atom stereocenters. The second kappa shape index (κ2) is 7.73. The molecule has 0 radical (unpaired) electrons. The molecule has 0 aliphatic carbocycles. The standard InChI is InChI=1S/C15H23NO5/c1-9(2)11(17)8-16-15(18)10-6-13(20-4)14(21-5)7-12(10)19-3/h6-7,9,11,17H,8H2,1-5H3,(H,16,18). The molecule has 0 spiro atoms. The van der Waals surface area contributed by atoms with Crippen molar-refractivity contribution in [1.82, 2.24) is 5.32 Å². The van der Waals surface area contributed by atoms with Gasteiger partial charge in [-0.1, -0.05) is 13.8 Å². The first-order valence-corrected chi connectivity index (χ1v) is 6.70. The van der Waals surface area contributed by atoms with E-state index in [1.165, 1.54) is 21.3 Å². The molecule has 1 rings (SSSR count). The molecule has 0 saturated heterocycles. The molecule has 6 heteroatoms. The second-order valence-corrected chi connectivity index (χ2v) is 4.93. The lowest BCUT2D eigenvalue weighted by Gasteiger charge is -2.17. The minimum Gasteiger partial charge on any atom is -0.496 e. The molecule has 0 aliphatic rings. The number of rotatable bonds is 7. The van der Waals surface area contributed by atoms with Crippen LogP contribution in [-0.4, -0.2) is 45.0 Å². The van der Waals surface area contributed by atoms with E-state index >= 15 is 0 Å². The second-order valence-electron chi connectivity index (χ2n) is 4.93. The molecular formula is C15H23NO5. The van der Waals surface area contributed by atoms with Gasteiger partial charge in [0.25, 0.3) is 5.91 Å². The Morgan fingerprint density at radius 1 is 1.10 bits per heavy atom. The summed E-state index contributed by atoms with van der Waals surface area (Å²) in [5.74, 6) is 1.02. The molecule has 1 amide bonds. The van der Waals surface area contributed by atoms with E-state index in [2.05, 4.69) is 5.32 Å². The van der Waals surface area contributed by atoms with Crippen LogP contribution in [0.1, 0.15) is 24.2 Å². The van der Waals surface area contributed by atoms with Crippen LogP contribution in [-0.2, 0) is 0 Å². The molecule has 1 aromatic carbocycles. The number of ether oxygens (including phenoxy) is 3. The highest BCUT2D eigenvalue weighted by Gasteiger charge is 2.19. The van der Waals surface area contributed by atoms with Crippen LogP contribution in [0.2, 0.25) is 0 Å². The van der Waals surface area contributed by atoms with Crippen LogP contribution >= 0.6 is 0 Å². The molecule has 0 bridgehead atoms. The van der Waals surface area contributed by atoms with Crippen molar-refractivity contribution in [3.05, 3.63) is 17.7 Å². The summed E-state index contributed by atoms with van der Waals surface area (Å²) in [6.45, 7) is 3.94. The SMILES string of the molecule is COc1cc(OC)c(C(=O)NCC(O)C(C)C)cc1OC. The highest BCUT2D eigenvalue weighted by molar-refractivity contribution is 5.97. The van der Waals surface area contributed by atoms with Crippen molar-refractivity contribution in [1.29, 1.82) is 0 Å². The minimum atomic E-state index is -0.597. The smallest absolute Gasteiger partial charge is 0.255 e. The van der Waals surface area contributed by atoms with Crippen LogP contribution in [0.3, 0.4) is 0 Å². The third-order valence-corrected chi connectivity index (χ3v) is 3.19.